The Morgan fingerprint density at radius 2 is 1.70 bits per heavy atom. The Morgan fingerprint density at radius 1 is 1.10 bits per heavy atom. The lowest BCUT2D eigenvalue weighted by Gasteiger charge is -2.12. The van der Waals surface area contributed by atoms with E-state index >= 15 is 0 Å². The standard InChI is InChI=1S/C16H19NO2S/c1-12-3-9-15(10-4-12)20(18)11-16(17)13-5-7-14(19-2)8-6-13/h3-10,16H,11,17H2,1-2H3. The normalized spacial score (nSPS) is 13.8. The van der Waals surface area contributed by atoms with Gasteiger partial charge in [0.05, 0.1) is 17.9 Å². The van der Waals surface area contributed by atoms with Crippen molar-refractivity contribution in [2.24, 2.45) is 5.73 Å². The van der Waals surface area contributed by atoms with Crippen LogP contribution in [0.3, 0.4) is 0 Å². The van der Waals surface area contributed by atoms with Crippen LogP contribution >= 0.6 is 0 Å². The second-order valence-corrected chi connectivity index (χ2v) is 6.20. The smallest absolute Gasteiger partial charge is 0.118 e. The molecule has 2 rings (SSSR count). The van der Waals surface area contributed by atoms with Crippen LogP contribution in [0.15, 0.2) is 53.4 Å². The quantitative estimate of drug-likeness (QED) is 0.921. The van der Waals surface area contributed by atoms with Crippen molar-refractivity contribution in [1.29, 1.82) is 0 Å². The number of rotatable bonds is 5. The third-order valence-electron chi connectivity index (χ3n) is 3.16. The molecule has 0 saturated carbocycles. The molecule has 0 amide bonds. The number of hydrogen-bond acceptors (Lipinski definition) is 3. The fourth-order valence-corrected chi connectivity index (χ4v) is 3.05. The number of methoxy groups -OCH3 is 1. The second kappa shape index (κ2) is 6.68. The summed E-state index contributed by atoms with van der Waals surface area (Å²) in [4.78, 5) is 0.819. The lowest BCUT2D eigenvalue weighted by atomic mass is 10.1. The number of aryl methyl sites for hydroxylation is 1. The van der Waals surface area contributed by atoms with Crippen molar-refractivity contribution in [1.82, 2.24) is 0 Å². The summed E-state index contributed by atoms with van der Waals surface area (Å²) in [6.07, 6.45) is 0. The van der Waals surface area contributed by atoms with Crippen molar-refractivity contribution in [2.75, 3.05) is 12.9 Å². The van der Waals surface area contributed by atoms with Crippen LogP contribution in [0.2, 0.25) is 0 Å². The van der Waals surface area contributed by atoms with Crippen molar-refractivity contribution in [3.8, 4) is 5.75 Å². The Labute approximate surface area is 122 Å². The first-order valence-corrected chi connectivity index (χ1v) is 7.76. The van der Waals surface area contributed by atoms with Crippen LogP contribution in [-0.4, -0.2) is 17.1 Å². The largest absolute Gasteiger partial charge is 0.497 e. The maximum absolute atomic E-state index is 12.3. The van der Waals surface area contributed by atoms with Gasteiger partial charge in [0.15, 0.2) is 0 Å². The maximum atomic E-state index is 12.3. The van der Waals surface area contributed by atoms with E-state index in [2.05, 4.69) is 0 Å². The van der Waals surface area contributed by atoms with E-state index in [1.165, 1.54) is 0 Å². The highest BCUT2D eigenvalue weighted by Gasteiger charge is 2.12. The molecule has 0 heterocycles. The Morgan fingerprint density at radius 3 is 2.25 bits per heavy atom. The van der Waals surface area contributed by atoms with Crippen molar-refractivity contribution in [2.45, 2.75) is 17.9 Å². The Kier molecular flexibility index (Phi) is 4.93. The van der Waals surface area contributed by atoms with E-state index < -0.39 is 10.8 Å². The molecule has 0 aliphatic heterocycles. The van der Waals surface area contributed by atoms with Crippen LogP contribution in [0.4, 0.5) is 0 Å². The van der Waals surface area contributed by atoms with E-state index in [0.29, 0.717) is 5.75 Å². The summed E-state index contributed by atoms with van der Waals surface area (Å²) in [7, 11) is 0.541. The summed E-state index contributed by atoms with van der Waals surface area (Å²) in [6, 6.07) is 15.0. The molecule has 2 unspecified atom stereocenters. The van der Waals surface area contributed by atoms with E-state index in [9.17, 15) is 4.21 Å². The average Bonchev–Trinajstić information content (AvgIpc) is 2.48. The monoisotopic (exact) mass is 289 g/mol. The van der Waals surface area contributed by atoms with Gasteiger partial charge in [0, 0.05) is 16.7 Å². The van der Waals surface area contributed by atoms with Crippen molar-refractivity contribution >= 4 is 10.8 Å². The van der Waals surface area contributed by atoms with E-state index in [0.717, 1.165) is 21.8 Å². The fraction of sp³-hybridized carbons (Fsp3) is 0.250. The lowest BCUT2D eigenvalue weighted by Crippen LogP contribution is -2.18. The zero-order valence-corrected chi connectivity index (χ0v) is 12.5. The maximum Gasteiger partial charge on any atom is 0.118 e. The number of ether oxygens (including phenoxy) is 1. The molecule has 0 bridgehead atoms. The zero-order chi connectivity index (χ0) is 14.5. The number of benzene rings is 2. The van der Waals surface area contributed by atoms with Gasteiger partial charge in [-0.2, -0.15) is 0 Å². The average molecular weight is 289 g/mol. The van der Waals surface area contributed by atoms with Gasteiger partial charge in [0.25, 0.3) is 0 Å². The van der Waals surface area contributed by atoms with Gasteiger partial charge in [-0.05, 0) is 36.8 Å². The van der Waals surface area contributed by atoms with Crippen LogP contribution in [0, 0.1) is 6.92 Å². The molecule has 0 aromatic heterocycles. The van der Waals surface area contributed by atoms with Crippen LogP contribution in [-0.2, 0) is 10.8 Å². The van der Waals surface area contributed by atoms with Crippen molar-refractivity contribution < 1.29 is 8.95 Å². The molecule has 2 aromatic carbocycles. The van der Waals surface area contributed by atoms with Gasteiger partial charge in [0.1, 0.15) is 5.75 Å². The van der Waals surface area contributed by atoms with E-state index in [1.807, 2.05) is 55.5 Å². The van der Waals surface area contributed by atoms with Gasteiger partial charge in [-0.1, -0.05) is 29.8 Å². The summed E-state index contributed by atoms with van der Waals surface area (Å²) in [5.41, 5.74) is 8.24. The molecule has 0 radical (unpaired) electrons. The van der Waals surface area contributed by atoms with E-state index in [-0.39, 0.29) is 6.04 Å². The second-order valence-electron chi connectivity index (χ2n) is 4.70. The molecule has 0 aliphatic rings. The van der Waals surface area contributed by atoms with Gasteiger partial charge >= 0.3 is 0 Å². The Balaban J connectivity index is 2.04. The van der Waals surface area contributed by atoms with Gasteiger partial charge in [0.2, 0.25) is 0 Å². The van der Waals surface area contributed by atoms with Gasteiger partial charge in [-0.15, -0.1) is 0 Å². The highest BCUT2D eigenvalue weighted by atomic mass is 32.2. The molecular formula is C16H19NO2S. The van der Waals surface area contributed by atoms with Gasteiger partial charge in [-0.3, -0.25) is 4.21 Å². The number of hydrogen-bond donors (Lipinski definition) is 1. The van der Waals surface area contributed by atoms with Crippen LogP contribution in [0.5, 0.6) is 5.75 Å². The van der Waals surface area contributed by atoms with Crippen LogP contribution in [0.1, 0.15) is 17.2 Å². The molecule has 20 heavy (non-hydrogen) atoms. The molecular weight excluding hydrogens is 270 g/mol. The summed E-state index contributed by atoms with van der Waals surface area (Å²) < 4.78 is 17.4. The summed E-state index contributed by atoms with van der Waals surface area (Å²) in [5.74, 6) is 1.20. The Hall–Kier alpha value is -1.65. The molecule has 106 valence electrons. The van der Waals surface area contributed by atoms with Crippen molar-refractivity contribution in [3.05, 3.63) is 59.7 Å². The first kappa shape index (κ1) is 14.8. The molecule has 2 atom stereocenters. The molecule has 0 saturated heterocycles. The zero-order valence-electron chi connectivity index (χ0n) is 11.7. The minimum Gasteiger partial charge on any atom is -0.497 e. The predicted molar refractivity (Wildman–Crippen MR) is 82.4 cm³/mol. The highest BCUT2D eigenvalue weighted by Crippen LogP contribution is 2.19. The third kappa shape index (κ3) is 3.68. The third-order valence-corrected chi connectivity index (χ3v) is 4.62. The van der Waals surface area contributed by atoms with Gasteiger partial charge < -0.3 is 10.5 Å². The summed E-state index contributed by atoms with van der Waals surface area (Å²) >= 11 is 0. The minimum absolute atomic E-state index is 0.247. The fourth-order valence-electron chi connectivity index (χ4n) is 1.90. The first-order chi connectivity index (χ1) is 9.60. The predicted octanol–water partition coefficient (Wildman–Crippen LogP) is 2.81. The number of nitrogens with two attached hydrogens (primary N) is 1. The Bertz CT molecular complexity index is 578. The molecule has 0 aliphatic carbocycles. The summed E-state index contributed by atoms with van der Waals surface area (Å²) in [5, 5.41) is 0. The van der Waals surface area contributed by atoms with Crippen molar-refractivity contribution in [3.63, 3.8) is 0 Å². The molecule has 2 N–H and O–H groups in total. The lowest BCUT2D eigenvalue weighted by molar-refractivity contribution is 0.414. The van der Waals surface area contributed by atoms with Crippen LogP contribution in [0.25, 0.3) is 0 Å². The van der Waals surface area contributed by atoms with E-state index in [4.69, 9.17) is 10.5 Å². The molecule has 0 fully saturated rings. The van der Waals surface area contributed by atoms with E-state index in [1.54, 1.807) is 7.11 Å². The first-order valence-electron chi connectivity index (χ1n) is 6.44. The molecule has 2 aromatic rings. The molecule has 4 heteroatoms. The molecule has 3 nitrogen and oxygen atoms in total. The molecule has 0 spiro atoms. The highest BCUT2D eigenvalue weighted by molar-refractivity contribution is 7.85. The minimum atomic E-state index is -1.09. The SMILES string of the molecule is COc1ccc(C(N)CS(=O)c2ccc(C)cc2)cc1. The summed E-state index contributed by atoms with van der Waals surface area (Å²) in [6.45, 7) is 2.01. The topological polar surface area (TPSA) is 52.3 Å². The van der Waals surface area contributed by atoms with Crippen LogP contribution < -0.4 is 10.5 Å². The van der Waals surface area contributed by atoms with Gasteiger partial charge in [-0.25, -0.2) is 0 Å².